The van der Waals surface area contributed by atoms with Crippen molar-refractivity contribution in [2.24, 2.45) is 0 Å². The number of ether oxygens (including phenoxy) is 1. The van der Waals surface area contributed by atoms with E-state index in [-0.39, 0.29) is 31.2 Å². The largest absolute Gasteiger partial charge is 0.444 e. The van der Waals surface area contributed by atoms with Gasteiger partial charge in [-0.05, 0) is 51.0 Å². The zero-order valence-electron chi connectivity index (χ0n) is 20.3. The molecule has 8 nitrogen and oxygen atoms in total. The Morgan fingerprint density at radius 1 is 1.26 bits per heavy atom. The van der Waals surface area contributed by atoms with E-state index in [1.807, 2.05) is 13.0 Å². The number of carbonyl (C=O) groups is 1. The molecular weight excluding hydrogens is 454 g/mol. The Morgan fingerprint density at radius 2 is 2.03 bits per heavy atom. The van der Waals surface area contributed by atoms with Gasteiger partial charge in [0, 0.05) is 24.6 Å². The summed E-state index contributed by atoms with van der Waals surface area (Å²) in [5, 5.41) is 3.16. The van der Waals surface area contributed by atoms with Crippen LogP contribution in [0.5, 0.6) is 0 Å². The third-order valence-electron chi connectivity index (χ3n) is 5.69. The summed E-state index contributed by atoms with van der Waals surface area (Å²) in [6.45, 7) is 7.57. The Kier molecular flexibility index (Phi) is 6.73. The SMILES string of the molecule is CCc1cc(-c2ccc(N)c(F)c2)nc2cnc(N[C@H]3C[C@H](F)CN(C(=O)OC(C)(C)C)C3)nc12. The lowest BCUT2D eigenvalue weighted by atomic mass is 10.0. The molecule has 35 heavy (non-hydrogen) atoms. The van der Waals surface area contributed by atoms with Crippen LogP contribution >= 0.6 is 0 Å². The van der Waals surface area contributed by atoms with Crippen LogP contribution in [0.15, 0.2) is 30.5 Å². The van der Waals surface area contributed by atoms with E-state index in [9.17, 15) is 13.6 Å². The van der Waals surface area contributed by atoms with Crippen LogP contribution in [-0.2, 0) is 11.2 Å². The molecule has 2 atom stereocenters. The van der Waals surface area contributed by atoms with Crippen molar-refractivity contribution in [3.8, 4) is 11.3 Å². The summed E-state index contributed by atoms with van der Waals surface area (Å²) in [7, 11) is 0. The molecule has 3 aromatic rings. The monoisotopic (exact) mass is 484 g/mol. The average Bonchev–Trinajstić information content (AvgIpc) is 2.78. The highest BCUT2D eigenvalue weighted by Gasteiger charge is 2.33. The van der Waals surface area contributed by atoms with Gasteiger partial charge in [-0.3, -0.25) is 0 Å². The fourth-order valence-electron chi connectivity index (χ4n) is 4.06. The topological polar surface area (TPSA) is 106 Å². The molecule has 0 unspecified atom stereocenters. The number of nitrogens with zero attached hydrogens (tertiary/aromatic N) is 4. The maximum atomic E-state index is 14.4. The van der Waals surface area contributed by atoms with E-state index in [0.717, 1.165) is 5.56 Å². The number of rotatable bonds is 4. The number of likely N-dealkylation sites (tertiary alicyclic amines) is 1. The first kappa shape index (κ1) is 24.6. The summed E-state index contributed by atoms with van der Waals surface area (Å²) in [5.41, 5.74) is 8.33. The fourth-order valence-corrected chi connectivity index (χ4v) is 4.06. The normalized spacial score (nSPS) is 18.5. The smallest absolute Gasteiger partial charge is 0.410 e. The Hall–Kier alpha value is -3.56. The first-order valence-electron chi connectivity index (χ1n) is 11.6. The second-order valence-corrected chi connectivity index (χ2v) is 9.74. The number of alkyl halides is 1. The van der Waals surface area contributed by atoms with E-state index in [1.54, 1.807) is 33.0 Å². The van der Waals surface area contributed by atoms with Gasteiger partial charge >= 0.3 is 6.09 Å². The lowest BCUT2D eigenvalue weighted by Gasteiger charge is -2.36. The molecule has 0 bridgehead atoms. The van der Waals surface area contributed by atoms with Gasteiger partial charge in [0.05, 0.1) is 29.6 Å². The van der Waals surface area contributed by atoms with Crippen molar-refractivity contribution in [3.63, 3.8) is 0 Å². The van der Waals surface area contributed by atoms with Crippen LogP contribution < -0.4 is 11.1 Å². The van der Waals surface area contributed by atoms with Gasteiger partial charge in [-0.2, -0.15) is 0 Å². The molecule has 1 saturated heterocycles. The second-order valence-electron chi connectivity index (χ2n) is 9.74. The van der Waals surface area contributed by atoms with E-state index in [1.165, 1.54) is 17.0 Å². The van der Waals surface area contributed by atoms with Crippen molar-refractivity contribution < 1.29 is 18.3 Å². The fraction of sp³-hybridized carbons (Fsp3) is 0.440. The molecule has 1 amide bonds. The summed E-state index contributed by atoms with van der Waals surface area (Å²) in [6.07, 6.45) is 0.742. The van der Waals surface area contributed by atoms with E-state index >= 15 is 0 Å². The van der Waals surface area contributed by atoms with Crippen molar-refractivity contribution in [1.29, 1.82) is 0 Å². The first-order chi connectivity index (χ1) is 16.5. The van der Waals surface area contributed by atoms with Crippen molar-refractivity contribution in [3.05, 3.63) is 41.8 Å². The van der Waals surface area contributed by atoms with E-state index in [2.05, 4.69) is 20.3 Å². The molecule has 4 rings (SSSR count). The minimum Gasteiger partial charge on any atom is -0.444 e. The van der Waals surface area contributed by atoms with Gasteiger partial charge in [0.2, 0.25) is 5.95 Å². The lowest BCUT2D eigenvalue weighted by molar-refractivity contribution is 0.0124. The number of piperidine rings is 1. The van der Waals surface area contributed by atoms with Gasteiger partial charge < -0.3 is 20.7 Å². The Morgan fingerprint density at radius 3 is 2.71 bits per heavy atom. The molecule has 186 valence electrons. The Balaban J connectivity index is 1.57. The summed E-state index contributed by atoms with van der Waals surface area (Å²) in [5.74, 6) is -0.180. The molecule has 3 N–H and O–H groups in total. The van der Waals surface area contributed by atoms with Gasteiger partial charge in [-0.1, -0.05) is 13.0 Å². The summed E-state index contributed by atoms with van der Waals surface area (Å²) < 4.78 is 33.8. The molecule has 2 aromatic heterocycles. The number of fused-ring (bicyclic) bond motifs is 1. The van der Waals surface area contributed by atoms with Gasteiger partial charge in [0.1, 0.15) is 23.1 Å². The van der Waals surface area contributed by atoms with E-state index in [0.29, 0.717) is 34.7 Å². The van der Waals surface area contributed by atoms with Gasteiger partial charge in [-0.15, -0.1) is 0 Å². The molecule has 0 aliphatic carbocycles. The molecule has 0 radical (unpaired) electrons. The number of anilines is 2. The molecule has 1 aliphatic heterocycles. The minimum absolute atomic E-state index is 0.00984. The number of nitrogens with two attached hydrogens (primary N) is 1. The van der Waals surface area contributed by atoms with E-state index in [4.69, 9.17) is 10.5 Å². The van der Waals surface area contributed by atoms with Crippen molar-refractivity contribution in [2.75, 3.05) is 24.1 Å². The van der Waals surface area contributed by atoms with Crippen LogP contribution in [0.2, 0.25) is 0 Å². The van der Waals surface area contributed by atoms with Crippen LogP contribution in [0.1, 0.15) is 39.7 Å². The number of halogens is 2. The summed E-state index contributed by atoms with van der Waals surface area (Å²) in [6, 6.07) is 6.07. The number of benzene rings is 1. The Labute approximate surface area is 202 Å². The third-order valence-corrected chi connectivity index (χ3v) is 5.69. The van der Waals surface area contributed by atoms with Crippen molar-refractivity contribution >= 4 is 28.8 Å². The zero-order valence-corrected chi connectivity index (χ0v) is 20.3. The third kappa shape index (κ3) is 5.75. The van der Waals surface area contributed by atoms with E-state index < -0.39 is 23.7 Å². The van der Waals surface area contributed by atoms with Gasteiger partial charge in [0.25, 0.3) is 0 Å². The summed E-state index contributed by atoms with van der Waals surface area (Å²) >= 11 is 0. The molecule has 1 fully saturated rings. The summed E-state index contributed by atoms with van der Waals surface area (Å²) in [4.78, 5) is 27.4. The van der Waals surface area contributed by atoms with Crippen LogP contribution in [-0.4, -0.2) is 56.8 Å². The highest BCUT2D eigenvalue weighted by atomic mass is 19.1. The molecule has 1 aromatic carbocycles. The predicted octanol–water partition coefficient (Wildman–Crippen LogP) is 4.73. The number of aromatic nitrogens is 3. The van der Waals surface area contributed by atoms with Crippen LogP contribution in [0.25, 0.3) is 22.3 Å². The van der Waals surface area contributed by atoms with Gasteiger partial charge in [-0.25, -0.2) is 28.5 Å². The Bertz CT molecular complexity index is 1250. The predicted molar refractivity (Wildman–Crippen MR) is 131 cm³/mol. The first-order valence-corrected chi connectivity index (χ1v) is 11.6. The standard InChI is InChI=1S/C25H30F2N6O2/c1-5-14-9-20(15-6-7-19(28)18(27)8-15)31-21-11-29-23(32-22(14)21)30-17-10-16(26)12-33(13-17)24(34)35-25(2,3)4/h6-9,11,16-17H,5,10,12-13,28H2,1-4H3,(H,29,30,32)/t16-,17-/m0/s1. The number of hydrogen-bond donors (Lipinski definition) is 2. The maximum Gasteiger partial charge on any atom is 0.410 e. The van der Waals surface area contributed by atoms with Crippen LogP contribution in [0.3, 0.4) is 0 Å². The number of nitrogens with one attached hydrogen (secondary N) is 1. The molecule has 0 saturated carbocycles. The van der Waals surface area contributed by atoms with Crippen LogP contribution in [0, 0.1) is 5.82 Å². The van der Waals surface area contributed by atoms with Gasteiger partial charge in [0.15, 0.2) is 0 Å². The number of nitrogen functional groups attached to an aromatic ring is 1. The quantitative estimate of drug-likeness (QED) is 0.516. The molecule has 1 aliphatic rings. The van der Waals surface area contributed by atoms with Crippen LogP contribution in [0.4, 0.5) is 25.2 Å². The number of aryl methyl sites for hydroxylation is 1. The molecular formula is C25H30F2N6O2. The number of amides is 1. The van der Waals surface area contributed by atoms with Crippen molar-refractivity contribution in [1.82, 2.24) is 19.9 Å². The number of hydrogen-bond acceptors (Lipinski definition) is 7. The minimum atomic E-state index is -1.19. The molecule has 0 spiro atoms. The zero-order chi connectivity index (χ0) is 25.3. The van der Waals surface area contributed by atoms with Crippen molar-refractivity contribution in [2.45, 2.75) is 58.4 Å². The average molecular weight is 485 g/mol. The molecule has 3 heterocycles. The number of pyridine rings is 1. The maximum absolute atomic E-state index is 14.4. The highest BCUT2D eigenvalue weighted by molar-refractivity contribution is 5.82. The lowest BCUT2D eigenvalue weighted by Crippen LogP contribution is -2.51. The number of carbonyl (C=O) groups excluding carboxylic acids is 1. The molecule has 10 heteroatoms. The highest BCUT2D eigenvalue weighted by Crippen LogP contribution is 2.27. The second kappa shape index (κ2) is 9.59.